The van der Waals surface area contributed by atoms with Gasteiger partial charge in [-0.15, -0.1) is 0 Å². The molecule has 0 atom stereocenters. The van der Waals surface area contributed by atoms with Gasteiger partial charge in [-0.1, -0.05) is 30.9 Å². The number of ether oxygens (including phenoxy) is 1. The number of amides is 2. The molecule has 2 rings (SSSR count). The Kier molecular flexibility index (Phi) is 6.71. The van der Waals surface area contributed by atoms with Gasteiger partial charge in [-0.2, -0.15) is 0 Å². The van der Waals surface area contributed by atoms with Crippen LogP contribution in [0.1, 0.15) is 42.5 Å². The molecule has 1 aromatic carbocycles. The summed E-state index contributed by atoms with van der Waals surface area (Å²) in [6.45, 7) is 0.789. The van der Waals surface area contributed by atoms with Crippen molar-refractivity contribution in [1.29, 1.82) is 0 Å². The Morgan fingerprint density at radius 2 is 1.87 bits per heavy atom. The molecule has 23 heavy (non-hydrogen) atoms. The highest BCUT2D eigenvalue weighted by atomic mass is 35.5. The van der Waals surface area contributed by atoms with Crippen LogP contribution in [0.5, 0.6) is 5.75 Å². The van der Waals surface area contributed by atoms with Crippen molar-refractivity contribution >= 4 is 23.4 Å². The Hall–Kier alpha value is -1.75. The van der Waals surface area contributed by atoms with Gasteiger partial charge in [-0.3, -0.25) is 9.59 Å². The van der Waals surface area contributed by atoms with Crippen LogP contribution in [0.3, 0.4) is 0 Å². The van der Waals surface area contributed by atoms with Crippen LogP contribution in [-0.2, 0) is 4.79 Å². The molecular formula is C17H23ClN2O3. The van der Waals surface area contributed by atoms with Gasteiger partial charge in [0.25, 0.3) is 5.91 Å². The van der Waals surface area contributed by atoms with Crippen LogP contribution in [0.25, 0.3) is 0 Å². The highest BCUT2D eigenvalue weighted by Gasteiger charge is 2.20. The van der Waals surface area contributed by atoms with Crippen LogP contribution in [0.4, 0.5) is 0 Å². The van der Waals surface area contributed by atoms with Crippen LogP contribution in [0.15, 0.2) is 18.2 Å². The van der Waals surface area contributed by atoms with E-state index in [9.17, 15) is 9.59 Å². The maximum atomic E-state index is 12.2. The van der Waals surface area contributed by atoms with Gasteiger partial charge >= 0.3 is 0 Å². The van der Waals surface area contributed by atoms with Crippen LogP contribution in [0.2, 0.25) is 5.02 Å². The van der Waals surface area contributed by atoms with E-state index in [0.29, 0.717) is 29.4 Å². The molecule has 0 unspecified atom stereocenters. The molecule has 2 N–H and O–H groups in total. The smallest absolute Gasteiger partial charge is 0.255 e. The number of rotatable bonds is 6. The number of hydrogen-bond acceptors (Lipinski definition) is 3. The topological polar surface area (TPSA) is 67.4 Å². The molecule has 0 heterocycles. The second kappa shape index (κ2) is 8.77. The summed E-state index contributed by atoms with van der Waals surface area (Å²) in [4.78, 5) is 24.2. The number of carbonyl (C=O) groups excluding carboxylic acids is 2. The van der Waals surface area contributed by atoms with Gasteiger partial charge in [-0.05, 0) is 31.0 Å². The quantitative estimate of drug-likeness (QED) is 0.784. The number of carbonyl (C=O) groups is 2. The predicted molar refractivity (Wildman–Crippen MR) is 89.9 cm³/mol. The SMILES string of the molecule is COc1ccc(Cl)cc1C(=O)NCCNC(=O)C1CCCCC1. The lowest BCUT2D eigenvalue weighted by Crippen LogP contribution is -2.38. The minimum atomic E-state index is -0.267. The van der Waals surface area contributed by atoms with E-state index in [-0.39, 0.29) is 17.7 Å². The largest absolute Gasteiger partial charge is 0.496 e. The molecule has 6 heteroatoms. The second-order valence-electron chi connectivity index (χ2n) is 5.73. The molecule has 126 valence electrons. The third kappa shape index (κ3) is 5.13. The van der Waals surface area contributed by atoms with E-state index < -0.39 is 0 Å². The minimum absolute atomic E-state index is 0.0966. The lowest BCUT2D eigenvalue weighted by Gasteiger charge is -2.20. The molecule has 0 spiro atoms. The zero-order valence-electron chi connectivity index (χ0n) is 13.4. The Morgan fingerprint density at radius 1 is 1.17 bits per heavy atom. The maximum Gasteiger partial charge on any atom is 0.255 e. The normalized spacial score (nSPS) is 15.0. The minimum Gasteiger partial charge on any atom is -0.496 e. The highest BCUT2D eigenvalue weighted by molar-refractivity contribution is 6.31. The van der Waals surface area contributed by atoms with E-state index >= 15 is 0 Å². The molecule has 1 saturated carbocycles. The van der Waals surface area contributed by atoms with Crippen molar-refractivity contribution in [2.24, 2.45) is 5.92 Å². The first-order valence-electron chi connectivity index (χ1n) is 8.01. The van der Waals surface area contributed by atoms with E-state index in [1.807, 2.05) is 0 Å². The summed E-state index contributed by atoms with van der Waals surface area (Å²) in [5.74, 6) is 0.432. The Bertz CT molecular complexity index is 557. The van der Waals surface area contributed by atoms with Gasteiger partial charge in [0.2, 0.25) is 5.91 Å². The average Bonchev–Trinajstić information content (AvgIpc) is 2.59. The summed E-state index contributed by atoms with van der Waals surface area (Å²) in [6, 6.07) is 4.89. The van der Waals surface area contributed by atoms with Gasteiger partial charge in [0.15, 0.2) is 0 Å². The molecule has 1 aliphatic rings. The Morgan fingerprint density at radius 3 is 2.57 bits per heavy atom. The van der Waals surface area contributed by atoms with Crippen LogP contribution < -0.4 is 15.4 Å². The summed E-state index contributed by atoms with van der Waals surface area (Å²) in [5.41, 5.74) is 0.388. The van der Waals surface area contributed by atoms with Crippen molar-refractivity contribution in [2.45, 2.75) is 32.1 Å². The monoisotopic (exact) mass is 338 g/mol. The van der Waals surface area contributed by atoms with E-state index in [4.69, 9.17) is 16.3 Å². The van der Waals surface area contributed by atoms with Crippen LogP contribution in [0, 0.1) is 5.92 Å². The Balaban J connectivity index is 1.76. The first-order valence-corrected chi connectivity index (χ1v) is 8.39. The zero-order valence-corrected chi connectivity index (χ0v) is 14.1. The first kappa shape index (κ1) is 17.6. The molecule has 0 aliphatic heterocycles. The third-order valence-electron chi connectivity index (χ3n) is 4.09. The van der Waals surface area contributed by atoms with Crippen molar-refractivity contribution in [3.05, 3.63) is 28.8 Å². The second-order valence-corrected chi connectivity index (χ2v) is 6.16. The molecule has 2 amide bonds. The number of benzene rings is 1. The molecule has 0 saturated heterocycles. The molecule has 0 bridgehead atoms. The number of nitrogens with one attached hydrogen (secondary N) is 2. The highest BCUT2D eigenvalue weighted by Crippen LogP contribution is 2.23. The van der Waals surface area contributed by atoms with Crippen molar-refractivity contribution in [2.75, 3.05) is 20.2 Å². The fourth-order valence-corrected chi connectivity index (χ4v) is 3.00. The van der Waals surface area contributed by atoms with E-state index in [2.05, 4.69) is 10.6 Å². The molecule has 0 radical (unpaired) electrons. The molecule has 0 aromatic heterocycles. The predicted octanol–water partition coefficient (Wildman–Crippen LogP) is 2.77. The number of halogens is 1. The van der Waals surface area contributed by atoms with Gasteiger partial charge in [0, 0.05) is 24.0 Å². The maximum absolute atomic E-state index is 12.2. The van der Waals surface area contributed by atoms with Crippen molar-refractivity contribution < 1.29 is 14.3 Å². The standard InChI is InChI=1S/C17H23ClN2O3/c1-23-15-8-7-13(18)11-14(15)17(22)20-10-9-19-16(21)12-5-3-2-4-6-12/h7-8,11-12H,2-6,9-10H2,1H3,(H,19,21)(H,20,22). The third-order valence-corrected chi connectivity index (χ3v) is 4.33. The van der Waals surface area contributed by atoms with E-state index in [1.165, 1.54) is 13.5 Å². The van der Waals surface area contributed by atoms with Crippen LogP contribution in [-0.4, -0.2) is 32.0 Å². The van der Waals surface area contributed by atoms with Gasteiger partial charge in [0.05, 0.1) is 12.7 Å². The molecule has 1 aromatic rings. The van der Waals surface area contributed by atoms with Gasteiger partial charge in [0.1, 0.15) is 5.75 Å². The van der Waals surface area contributed by atoms with Crippen molar-refractivity contribution in [3.63, 3.8) is 0 Å². The lowest BCUT2D eigenvalue weighted by atomic mass is 9.89. The summed E-state index contributed by atoms with van der Waals surface area (Å²) in [5, 5.41) is 6.13. The Labute approximate surface area is 141 Å². The first-order chi connectivity index (χ1) is 11.1. The molecule has 1 fully saturated rings. The van der Waals surface area contributed by atoms with Crippen molar-refractivity contribution in [3.8, 4) is 5.75 Å². The lowest BCUT2D eigenvalue weighted by molar-refractivity contribution is -0.125. The fourth-order valence-electron chi connectivity index (χ4n) is 2.82. The number of hydrogen-bond donors (Lipinski definition) is 2. The molecule has 5 nitrogen and oxygen atoms in total. The van der Waals surface area contributed by atoms with Crippen LogP contribution >= 0.6 is 11.6 Å². The summed E-state index contributed by atoms with van der Waals surface area (Å²) in [7, 11) is 1.50. The summed E-state index contributed by atoms with van der Waals surface area (Å²) >= 11 is 5.91. The zero-order chi connectivity index (χ0) is 16.7. The van der Waals surface area contributed by atoms with Crippen molar-refractivity contribution in [1.82, 2.24) is 10.6 Å². The molecule has 1 aliphatic carbocycles. The average molecular weight is 339 g/mol. The fraction of sp³-hybridized carbons (Fsp3) is 0.529. The molecular weight excluding hydrogens is 316 g/mol. The van der Waals surface area contributed by atoms with Gasteiger partial charge < -0.3 is 15.4 Å². The summed E-state index contributed by atoms with van der Waals surface area (Å²) < 4.78 is 5.16. The number of methoxy groups -OCH3 is 1. The van der Waals surface area contributed by atoms with E-state index in [0.717, 1.165) is 25.7 Å². The van der Waals surface area contributed by atoms with E-state index in [1.54, 1.807) is 18.2 Å². The summed E-state index contributed by atoms with van der Waals surface area (Å²) in [6.07, 6.45) is 5.42. The van der Waals surface area contributed by atoms with Gasteiger partial charge in [-0.25, -0.2) is 0 Å².